The van der Waals surface area contributed by atoms with Gasteiger partial charge in [-0.3, -0.25) is 9.78 Å². The molecule has 7 heteroatoms. The molecule has 1 aromatic heterocycles. The van der Waals surface area contributed by atoms with Gasteiger partial charge in [-0.15, -0.1) is 0 Å². The lowest BCUT2D eigenvalue weighted by Gasteiger charge is -2.23. The molecule has 0 aliphatic heterocycles. The van der Waals surface area contributed by atoms with E-state index in [4.69, 9.17) is 0 Å². The first kappa shape index (κ1) is 17.4. The number of nitrogens with zero attached hydrogens (tertiary/aromatic N) is 2. The van der Waals surface area contributed by atoms with E-state index in [2.05, 4.69) is 10.3 Å². The van der Waals surface area contributed by atoms with Crippen molar-refractivity contribution in [3.63, 3.8) is 0 Å². The predicted molar refractivity (Wildman–Crippen MR) is 90.8 cm³/mol. The third kappa shape index (κ3) is 4.33. The van der Waals surface area contributed by atoms with Crippen LogP contribution >= 0.6 is 0 Å². The summed E-state index contributed by atoms with van der Waals surface area (Å²) in [6.07, 6.45) is 11.2. The number of pyridine rings is 1. The molecule has 132 valence electrons. The number of rotatable bonds is 6. The second kappa shape index (κ2) is 7.61. The Morgan fingerprint density at radius 2 is 1.88 bits per heavy atom. The fourth-order valence-corrected chi connectivity index (χ4v) is 4.85. The number of hydrogen-bond donors (Lipinski definition) is 1. The Labute approximate surface area is 143 Å². The highest BCUT2D eigenvalue weighted by Crippen LogP contribution is 2.31. The maximum atomic E-state index is 12.8. The van der Waals surface area contributed by atoms with Crippen molar-refractivity contribution in [1.82, 2.24) is 14.6 Å². The lowest BCUT2D eigenvalue weighted by atomic mass is 10.1. The standard InChI is InChI=1S/C17H25N3O3S/c21-17(19-14-6-3-1-2-4-7-14)13-20(15-9-10-15)24(22,23)16-8-5-11-18-12-16/h5,8,11-12,14-15H,1-4,6-7,9-10,13H2,(H,19,21). The van der Waals surface area contributed by atoms with E-state index in [-0.39, 0.29) is 29.4 Å². The van der Waals surface area contributed by atoms with Crippen molar-refractivity contribution in [1.29, 1.82) is 0 Å². The first-order valence-electron chi connectivity index (χ1n) is 8.78. The molecule has 0 spiro atoms. The molecule has 2 saturated carbocycles. The van der Waals surface area contributed by atoms with E-state index in [1.807, 2.05) is 0 Å². The predicted octanol–water partition coefficient (Wildman–Crippen LogP) is 2.07. The molecule has 2 fully saturated rings. The Hall–Kier alpha value is -1.47. The summed E-state index contributed by atoms with van der Waals surface area (Å²) in [5.74, 6) is -0.193. The molecule has 0 unspecified atom stereocenters. The van der Waals surface area contributed by atoms with Crippen molar-refractivity contribution in [2.75, 3.05) is 6.54 Å². The number of nitrogens with one attached hydrogen (secondary N) is 1. The van der Waals surface area contributed by atoms with Gasteiger partial charge in [0.2, 0.25) is 15.9 Å². The fraction of sp³-hybridized carbons (Fsp3) is 0.647. The Morgan fingerprint density at radius 3 is 2.46 bits per heavy atom. The van der Waals surface area contributed by atoms with Gasteiger partial charge in [0.15, 0.2) is 0 Å². The normalized spacial score (nSPS) is 19.9. The molecular weight excluding hydrogens is 326 g/mol. The molecule has 0 saturated heterocycles. The molecule has 0 bridgehead atoms. The maximum Gasteiger partial charge on any atom is 0.245 e. The Balaban J connectivity index is 1.67. The number of amides is 1. The summed E-state index contributed by atoms with van der Waals surface area (Å²) in [5.41, 5.74) is 0. The molecule has 24 heavy (non-hydrogen) atoms. The molecule has 6 nitrogen and oxygen atoms in total. The molecule has 1 amide bonds. The molecular formula is C17H25N3O3S. The zero-order chi connectivity index (χ0) is 17.0. The van der Waals surface area contributed by atoms with Crippen LogP contribution in [0.25, 0.3) is 0 Å². The highest BCUT2D eigenvalue weighted by molar-refractivity contribution is 7.89. The number of hydrogen-bond acceptors (Lipinski definition) is 4. The van der Waals surface area contributed by atoms with Crippen LogP contribution in [0, 0.1) is 0 Å². The van der Waals surface area contributed by atoms with Crippen LogP contribution in [0.4, 0.5) is 0 Å². The second-order valence-corrected chi connectivity index (χ2v) is 8.62. The third-order valence-electron chi connectivity index (χ3n) is 4.71. The lowest BCUT2D eigenvalue weighted by molar-refractivity contribution is -0.122. The van der Waals surface area contributed by atoms with Crippen LogP contribution in [-0.4, -0.2) is 42.2 Å². The van der Waals surface area contributed by atoms with Gasteiger partial charge in [0, 0.05) is 24.5 Å². The van der Waals surface area contributed by atoms with E-state index in [0.29, 0.717) is 0 Å². The van der Waals surface area contributed by atoms with Gasteiger partial charge >= 0.3 is 0 Å². The Morgan fingerprint density at radius 1 is 1.17 bits per heavy atom. The van der Waals surface area contributed by atoms with Crippen LogP contribution in [-0.2, 0) is 14.8 Å². The molecule has 2 aliphatic rings. The lowest BCUT2D eigenvalue weighted by Crippen LogP contribution is -2.45. The third-order valence-corrected chi connectivity index (χ3v) is 6.60. The maximum absolute atomic E-state index is 12.8. The molecule has 2 aliphatic carbocycles. The first-order valence-corrected chi connectivity index (χ1v) is 10.2. The van der Waals surface area contributed by atoms with Crippen LogP contribution < -0.4 is 5.32 Å². The second-order valence-electron chi connectivity index (χ2n) is 6.73. The van der Waals surface area contributed by atoms with Crippen LogP contribution in [0.3, 0.4) is 0 Å². The van der Waals surface area contributed by atoms with E-state index in [0.717, 1.165) is 38.5 Å². The highest BCUT2D eigenvalue weighted by atomic mass is 32.2. The zero-order valence-corrected chi connectivity index (χ0v) is 14.7. The van der Waals surface area contributed by atoms with Gasteiger partial charge in [0.25, 0.3) is 0 Å². The van der Waals surface area contributed by atoms with Gasteiger partial charge in [0.05, 0.1) is 6.54 Å². The summed E-state index contributed by atoms with van der Waals surface area (Å²) in [5, 5.41) is 3.03. The minimum atomic E-state index is -3.67. The average Bonchev–Trinajstić information content (AvgIpc) is 3.41. The van der Waals surface area contributed by atoms with Crippen molar-refractivity contribution in [3.8, 4) is 0 Å². The van der Waals surface area contributed by atoms with E-state index in [9.17, 15) is 13.2 Å². The summed E-state index contributed by atoms with van der Waals surface area (Å²) in [4.78, 5) is 16.5. The monoisotopic (exact) mass is 351 g/mol. The summed E-state index contributed by atoms with van der Waals surface area (Å²) >= 11 is 0. The van der Waals surface area contributed by atoms with Crippen molar-refractivity contribution in [2.45, 2.75) is 68.3 Å². The van der Waals surface area contributed by atoms with E-state index >= 15 is 0 Å². The van der Waals surface area contributed by atoms with Gasteiger partial charge < -0.3 is 5.32 Å². The van der Waals surface area contributed by atoms with Crippen molar-refractivity contribution < 1.29 is 13.2 Å². The number of aromatic nitrogens is 1. The van der Waals surface area contributed by atoms with Gasteiger partial charge in [-0.2, -0.15) is 4.31 Å². The van der Waals surface area contributed by atoms with Crippen LogP contribution in [0.5, 0.6) is 0 Å². The van der Waals surface area contributed by atoms with Crippen molar-refractivity contribution in [2.24, 2.45) is 0 Å². The minimum absolute atomic E-state index is 0.0601. The summed E-state index contributed by atoms with van der Waals surface area (Å²) < 4.78 is 26.9. The SMILES string of the molecule is O=C(CN(C1CC1)S(=O)(=O)c1cccnc1)NC1CCCCCC1. The largest absolute Gasteiger partial charge is 0.352 e. The van der Waals surface area contributed by atoms with Crippen LogP contribution in [0.2, 0.25) is 0 Å². The minimum Gasteiger partial charge on any atom is -0.352 e. The van der Waals surface area contributed by atoms with Gasteiger partial charge in [0.1, 0.15) is 4.90 Å². The summed E-state index contributed by atoms with van der Waals surface area (Å²) in [6.45, 7) is -0.0988. The molecule has 0 radical (unpaired) electrons. The smallest absolute Gasteiger partial charge is 0.245 e. The molecule has 0 aromatic carbocycles. The van der Waals surface area contributed by atoms with Gasteiger partial charge in [-0.05, 0) is 37.8 Å². The Kier molecular flexibility index (Phi) is 5.50. The molecule has 0 atom stereocenters. The fourth-order valence-electron chi connectivity index (χ4n) is 3.25. The first-order chi connectivity index (χ1) is 11.6. The van der Waals surface area contributed by atoms with E-state index in [1.54, 1.807) is 12.3 Å². The Bertz CT molecular complexity index is 651. The van der Waals surface area contributed by atoms with E-state index < -0.39 is 10.0 Å². The van der Waals surface area contributed by atoms with Crippen molar-refractivity contribution in [3.05, 3.63) is 24.5 Å². The number of carbonyl (C=O) groups excluding carboxylic acids is 1. The zero-order valence-electron chi connectivity index (χ0n) is 13.9. The van der Waals surface area contributed by atoms with Crippen molar-refractivity contribution >= 4 is 15.9 Å². The number of sulfonamides is 1. The number of carbonyl (C=O) groups is 1. The quantitative estimate of drug-likeness (QED) is 0.796. The average molecular weight is 351 g/mol. The molecule has 1 heterocycles. The summed E-state index contributed by atoms with van der Waals surface area (Å²) in [6, 6.07) is 3.25. The highest BCUT2D eigenvalue weighted by Gasteiger charge is 2.39. The van der Waals surface area contributed by atoms with E-state index in [1.165, 1.54) is 29.4 Å². The molecule has 3 rings (SSSR count). The molecule has 1 N–H and O–H groups in total. The van der Waals surface area contributed by atoms with Crippen LogP contribution in [0.15, 0.2) is 29.4 Å². The van der Waals surface area contributed by atoms with Gasteiger partial charge in [-0.25, -0.2) is 8.42 Å². The molecule has 1 aromatic rings. The van der Waals surface area contributed by atoms with Gasteiger partial charge in [-0.1, -0.05) is 25.7 Å². The summed E-state index contributed by atoms with van der Waals surface area (Å²) in [7, 11) is -3.67. The topological polar surface area (TPSA) is 79.4 Å². The van der Waals surface area contributed by atoms with Crippen LogP contribution in [0.1, 0.15) is 51.4 Å².